The van der Waals surface area contributed by atoms with Crippen molar-refractivity contribution >= 4 is 5.91 Å². The van der Waals surface area contributed by atoms with E-state index in [-0.39, 0.29) is 11.3 Å². The molecule has 0 aliphatic heterocycles. The molecule has 0 unspecified atom stereocenters. The third-order valence-electron chi connectivity index (χ3n) is 4.01. The largest absolute Gasteiger partial charge is 0.467 e. The lowest BCUT2D eigenvalue weighted by Crippen LogP contribution is -2.44. The summed E-state index contributed by atoms with van der Waals surface area (Å²) in [6.07, 6.45) is 6.49. The van der Waals surface area contributed by atoms with Gasteiger partial charge in [-0.1, -0.05) is 12.8 Å². The van der Waals surface area contributed by atoms with Crippen LogP contribution in [0.15, 0.2) is 22.8 Å². The third kappa shape index (κ3) is 3.84. The highest BCUT2D eigenvalue weighted by molar-refractivity contribution is 5.83. The minimum absolute atomic E-state index is 0.114. The lowest BCUT2D eigenvalue weighted by molar-refractivity contribution is -0.130. The second-order valence-electron chi connectivity index (χ2n) is 5.43. The molecular formula is C15H24N2O3. The van der Waals surface area contributed by atoms with E-state index in [0.29, 0.717) is 26.3 Å². The molecule has 0 radical (unpaired) electrons. The van der Waals surface area contributed by atoms with Crippen molar-refractivity contribution in [2.24, 2.45) is 11.1 Å². The number of nitrogens with one attached hydrogen (secondary N) is 1. The van der Waals surface area contributed by atoms with E-state index < -0.39 is 0 Å². The monoisotopic (exact) mass is 280 g/mol. The van der Waals surface area contributed by atoms with Gasteiger partial charge in [-0.05, 0) is 31.4 Å². The molecule has 112 valence electrons. The molecule has 20 heavy (non-hydrogen) atoms. The predicted molar refractivity (Wildman–Crippen MR) is 75.9 cm³/mol. The van der Waals surface area contributed by atoms with Crippen LogP contribution in [0, 0.1) is 5.41 Å². The Bertz CT molecular complexity index is 397. The van der Waals surface area contributed by atoms with Crippen molar-refractivity contribution in [3.8, 4) is 0 Å². The van der Waals surface area contributed by atoms with Crippen LogP contribution in [-0.4, -0.2) is 25.6 Å². The molecular weight excluding hydrogens is 256 g/mol. The molecule has 0 aromatic carbocycles. The standard InChI is InChI=1S/C15H24N2O3/c16-12-15(6-1-2-7-15)14(18)17-8-4-9-19-11-13-5-3-10-20-13/h3,5,10H,1-2,4,6-9,11-12,16H2,(H,17,18). The van der Waals surface area contributed by atoms with Crippen LogP contribution in [0.1, 0.15) is 37.9 Å². The fourth-order valence-electron chi connectivity index (χ4n) is 2.71. The number of furan rings is 1. The number of hydrogen-bond acceptors (Lipinski definition) is 4. The summed E-state index contributed by atoms with van der Waals surface area (Å²) in [4.78, 5) is 12.2. The Morgan fingerprint density at radius 2 is 2.25 bits per heavy atom. The molecule has 3 N–H and O–H groups in total. The molecule has 1 saturated carbocycles. The topological polar surface area (TPSA) is 77.5 Å². The lowest BCUT2D eigenvalue weighted by Gasteiger charge is -2.25. The van der Waals surface area contributed by atoms with Gasteiger partial charge in [0.15, 0.2) is 0 Å². The summed E-state index contributed by atoms with van der Waals surface area (Å²) < 4.78 is 10.6. The van der Waals surface area contributed by atoms with E-state index in [2.05, 4.69) is 5.32 Å². The molecule has 1 amide bonds. The van der Waals surface area contributed by atoms with Crippen molar-refractivity contribution in [3.63, 3.8) is 0 Å². The molecule has 1 aliphatic carbocycles. The summed E-state index contributed by atoms with van der Waals surface area (Å²) >= 11 is 0. The first-order chi connectivity index (χ1) is 9.77. The Balaban J connectivity index is 1.57. The zero-order valence-electron chi connectivity index (χ0n) is 11.9. The van der Waals surface area contributed by atoms with Gasteiger partial charge < -0.3 is 20.2 Å². The molecule has 1 fully saturated rings. The van der Waals surface area contributed by atoms with E-state index in [9.17, 15) is 4.79 Å². The highest BCUT2D eigenvalue weighted by atomic mass is 16.5. The quantitative estimate of drug-likeness (QED) is 0.712. The maximum Gasteiger partial charge on any atom is 0.227 e. The summed E-state index contributed by atoms with van der Waals surface area (Å²) in [7, 11) is 0. The van der Waals surface area contributed by atoms with Crippen molar-refractivity contribution in [3.05, 3.63) is 24.2 Å². The first-order valence-corrected chi connectivity index (χ1v) is 7.35. The predicted octanol–water partition coefficient (Wildman–Crippen LogP) is 1.82. The Kier molecular flexibility index (Phi) is 5.61. The number of hydrogen-bond donors (Lipinski definition) is 2. The zero-order chi connectivity index (χ0) is 14.3. The van der Waals surface area contributed by atoms with Gasteiger partial charge in [0.05, 0.1) is 11.7 Å². The van der Waals surface area contributed by atoms with Crippen molar-refractivity contribution in [1.29, 1.82) is 0 Å². The Morgan fingerprint density at radius 1 is 1.45 bits per heavy atom. The van der Waals surface area contributed by atoms with Gasteiger partial charge in [0.2, 0.25) is 5.91 Å². The van der Waals surface area contributed by atoms with Gasteiger partial charge in [0.1, 0.15) is 12.4 Å². The summed E-state index contributed by atoms with van der Waals surface area (Å²) in [6, 6.07) is 3.72. The average Bonchev–Trinajstić information content (AvgIpc) is 3.13. The third-order valence-corrected chi connectivity index (χ3v) is 4.01. The highest BCUT2D eigenvalue weighted by Crippen LogP contribution is 2.37. The summed E-state index contributed by atoms with van der Waals surface area (Å²) in [6.45, 7) is 2.18. The molecule has 0 spiro atoms. The van der Waals surface area contributed by atoms with Crippen LogP contribution < -0.4 is 11.1 Å². The summed E-state index contributed by atoms with van der Waals surface area (Å²) in [5, 5.41) is 2.99. The summed E-state index contributed by atoms with van der Waals surface area (Å²) in [5.41, 5.74) is 5.47. The van der Waals surface area contributed by atoms with E-state index in [4.69, 9.17) is 14.9 Å². The zero-order valence-corrected chi connectivity index (χ0v) is 11.9. The molecule has 5 nitrogen and oxygen atoms in total. The van der Waals surface area contributed by atoms with Gasteiger partial charge in [-0.25, -0.2) is 0 Å². The normalized spacial score (nSPS) is 17.2. The van der Waals surface area contributed by atoms with Crippen LogP contribution >= 0.6 is 0 Å². The fraction of sp³-hybridized carbons (Fsp3) is 0.667. The van der Waals surface area contributed by atoms with E-state index in [1.165, 1.54) is 0 Å². The van der Waals surface area contributed by atoms with Crippen molar-refractivity contribution in [2.75, 3.05) is 19.7 Å². The van der Waals surface area contributed by atoms with Gasteiger partial charge in [0, 0.05) is 19.7 Å². The Morgan fingerprint density at radius 3 is 2.90 bits per heavy atom. The maximum atomic E-state index is 12.2. The van der Waals surface area contributed by atoms with Crippen LogP contribution in [0.5, 0.6) is 0 Å². The maximum absolute atomic E-state index is 12.2. The van der Waals surface area contributed by atoms with Crippen molar-refractivity contribution in [1.82, 2.24) is 5.32 Å². The smallest absolute Gasteiger partial charge is 0.227 e. The number of carbonyl (C=O) groups excluding carboxylic acids is 1. The van der Waals surface area contributed by atoms with Gasteiger partial charge >= 0.3 is 0 Å². The van der Waals surface area contributed by atoms with E-state index in [0.717, 1.165) is 37.9 Å². The van der Waals surface area contributed by atoms with E-state index in [1.54, 1.807) is 6.26 Å². The number of amides is 1. The van der Waals surface area contributed by atoms with E-state index >= 15 is 0 Å². The van der Waals surface area contributed by atoms with Crippen molar-refractivity contribution in [2.45, 2.75) is 38.7 Å². The average molecular weight is 280 g/mol. The second-order valence-corrected chi connectivity index (χ2v) is 5.43. The lowest BCUT2D eigenvalue weighted by atomic mass is 9.85. The minimum atomic E-state index is -0.310. The molecule has 0 atom stereocenters. The first-order valence-electron chi connectivity index (χ1n) is 7.35. The molecule has 1 heterocycles. The Hall–Kier alpha value is -1.33. The SMILES string of the molecule is NCC1(C(=O)NCCCOCc2ccco2)CCCC1. The molecule has 2 rings (SSSR count). The van der Waals surface area contributed by atoms with Crippen LogP contribution in [0.3, 0.4) is 0 Å². The number of ether oxygens (including phenoxy) is 1. The van der Waals surface area contributed by atoms with Crippen LogP contribution in [0.4, 0.5) is 0 Å². The van der Waals surface area contributed by atoms with Crippen LogP contribution in [0.2, 0.25) is 0 Å². The number of carbonyl (C=O) groups is 1. The molecule has 5 heteroatoms. The first kappa shape index (κ1) is 15.1. The Labute approximate surface area is 119 Å². The highest BCUT2D eigenvalue weighted by Gasteiger charge is 2.39. The van der Waals surface area contributed by atoms with Gasteiger partial charge in [-0.15, -0.1) is 0 Å². The van der Waals surface area contributed by atoms with Gasteiger partial charge in [-0.2, -0.15) is 0 Å². The molecule has 1 aromatic heterocycles. The molecule has 0 saturated heterocycles. The van der Waals surface area contributed by atoms with Gasteiger partial charge in [0.25, 0.3) is 0 Å². The minimum Gasteiger partial charge on any atom is -0.467 e. The molecule has 0 bridgehead atoms. The summed E-state index contributed by atoms with van der Waals surface area (Å²) in [5.74, 6) is 0.936. The molecule has 1 aromatic rings. The second kappa shape index (κ2) is 7.45. The van der Waals surface area contributed by atoms with Crippen LogP contribution in [0.25, 0.3) is 0 Å². The van der Waals surface area contributed by atoms with Crippen molar-refractivity contribution < 1.29 is 13.9 Å². The number of rotatable bonds is 8. The fourth-order valence-corrected chi connectivity index (χ4v) is 2.71. The van der Waals surface area contributed by atoms with Crippen LogP contribution in [-0.2, 0) is 16.1 Å². The van der Waals surface area contributed by atoms with Gasteiger partial charge in [-0.3, -0.25) is 4.79 Å². The van der Waals surface area contributed by atoms with E-state index in [1.807, 2.05) is 12.1 Å². The molecule has 1 aliphatic rings. The number of nitrogens with two attached hydrogens (primary N) is 1.